The molecule has 0 unspecified atom stereocenters. The van der Waals surface area contributed by atoms with Crippen LogP contribution in [0.25, 0.3) is 0 Å². The molecule has 0 radical (unpaired) electrons. The fraction of sp³-hybridized carbons (Fsp3) is 0.391. The number of carbonyl (C=O) groups excluding carboxylic acids is 2. The van der Waals surface area contributed by atoms with Gasteiger partial charge in [-0.05, 0) is 31.9 Å². The van der Waals surface area contributed by atoms with Gasteiger partial charge in [0.15, 0.2) is 0 Å². The van der Waals surface area contributed by atoms with Gasteiger partial charge in [-0.2, -0.15) is 5.10 Å². The van der Waals surface area contributed by atoms with Gasteiger partial charge in [-0.15, -0.1) is 0 Å². The first-order valence-electron chi connectivity index (χ1n) is 10.8. The highest BCUT2D eigenvalue weighted by atomic mass is 16.5. The van der Waals surface area contributed by atoms with E-state index < -0.39 is 0 Å². The van der Waals surface area contributed by atoms with Crippen molar-refractivity contribution < 1.29 is 18.8 Å². The van der Waals surface area contributed by atoms with E-state index in [0.717, 1.165) is 30.6 Å². The third kappa shape index (κ3) is 4.66. The van der Waals surface area contributed by atoms with Crippen molar-refractivity contribution in [3.05, 3.63) is 65.3 Å². The van der Waals surface area contributed by atoms with Crippen LogP contribution >= 0.6 is 0 Å². The zero-order valence-corrected chi connectivity index (χ0v) is 18.3. The summed E-state index contributed by atoms with van der Waals surface area (Å²) in [6.07, 6.45) is 3.33. The number of likely N-dealkylation sites (tertiary alicyclic amines) is 1. The number of hydrogen-bond donors (Lipinski definition) is 1. The molecular weight excluding hydrogens is 410 g/mol. The molecule has 32 heavy (non-hydrogen) atoms. The second-order valence-corrected chi connectivity index (χ2v) is 7.73. The summed E-state index contributed by atoms with van der Waals surface area (Å²) in [5, 5.41) is 11.3. The molecule has 1 aliphatic heterocycles. The summed E-state index contributed by atoms with van der Waals surface area (Å²) in [6, 6.07) is 11.0. The van der Waals surface area contributed by atoms with E-state index in [1.54, 1.807) is 23.9 Å². The minimum Gasteiger partial charge on any atom is -0.496 e. The number of nitrogens with one attached hydrogen (secondary N) is 1. The van der Waals surface area contributed by atoms with Crippen LogP contribution in [0.2, 0.25) is 0 Å². The predicted octanol–water partition coefficient (Wildman–Crippen LogP) is 2.85. The van der Waals surface area contributed by atoms with Gasteiger partial charge in [0.05, 0.1) is 12.8 Å². The minimum atomic E-state index is -0.325. The molecule has 1 aliphatic rings. The largest absolute Gasteiger partial charge is 0.496 e. The van der Waals surface area contributed by atoms with E-state index in [0.29, 0.717) is 31.1 Å². The maximum atomic E-state index is 12.7. The molecule has 1 N–H and O–H groups in total. The molecule has 0 aliphatic carbocycles. The number of amides is 2. The Balaban J connectivity index is 1.31. The van der Waals surface area contributed by atoms with E-state index in [-0.39, 0.29) is 23.5 Å². The smallest absolute Gasteiger partial charge is 0.290 e. The van der Waals surface area contributed by atoms with Crippen LogP contribution in [-0.2, 0) is 13.1 Å². The molecule has 0 atom stereocenters. The highest BCUT2D eigenvalue weighted by molar-refractivity contribution is 5.92. The van der Waals surface area contributed by atoms with Crippen molar-refractivity contribution >= 4 is 11.8 Å². The lowest BCUT2D eigenvalue weighted by Gasteiger charge is -2.30. The number of benzene rings is 1. The average molecular weight is 438 g/mol. The molecule has 3 aromatic rings. The van der Waals surface area contributed by atoms with Gasteiger partial charge >= 0.3 is 0 Å². The monoisotopic (exact) mass is 437 g/mol. The highest BCUT2D eigenvalue weighted by Gasteiger charge is 2.28. The maximum absolute atomic E-state index is 12.7. The molecule has 0 spiro atoms. The summed E-state index contributed by atoms with van der Waals surface area (Å²) in [6.45, 7) is 4.27. The first kappa shape index (κ1) is 21.6. The van der Waals surface area contributed by atoms with Gasteiger partial charge in [-0.1, -0.05) is 23.4 Å². The molecule has 3 heterocycles. The second-order valence-electron chi connectivity index (χ2n) is 7.73. The van der Waals surface area contributed by atoms with Crippen LogP contribution in [0.1, 0.15) is 58.0 Å². The molecule has 1 saturated heterocycles. The molecule has 9 heteroatoms. The van der Waals surface area contributed by atoms with Gasteiger partial charge in [0.25, 0.3) is 11.8 Å². The van der Waals surface area contributed by atoms with Crippen LogP contribution in [0.15, 0.2) is 47.1 Å². The zero-order chi connectivity index (χ0) is 22.5. The van der Waals surface area contributed by atoms with Crippen LogP contribution in [0.5, 0.6) is 5.75 Å². The summed E-state index contributed by atoms with van der Waals surface area (Å²) >= 11 is 0. The van der Waals surface area contributed by atoms with Crippen molar-refractivity contribution in [3.63, 3.8) is 0 Å². The Bertz CT molecular complexity index is 1080. The van der Waals surface area contributed by atoms with Crippen LogP contribution in [-0.4, -0.2) is 51.9 Å². The van der Waals surface area contributed by atoms with E-state index in [1.165, 1.54) is 0 Å². The third-order valence-electron chi connectivity index (χ3n) is 5.77. The Morgan fingerprint density at radius 2 is 2.00 bits per heavy atom. The number of aryl methyl sites for hydroxylation is 1. The SMILES string of the molecule is CCn1ccc(C(=O)N2CCC(c3cc(C(=O)NCc4ccccc4OC)on3)CC2)n1. The van der Waals surface area contributed by atoms with Crippen LogP contribution in [0.4, 0.5) is 0 Å². The van der Waals surface area contributed by atoms with E-state index in [2.05, 4.69) is 15.6 Å². The number of methoxy groups -OCH3 is 1. The molecule has 1 fully saturated rings. The summed E-state index contributed by atoms with van der Waals surface area (Å²) in [5.41, 5.74) is 2.10. The lowest BCUT2D eigenvalue weighted by molar-refractivity contribution is 0.0704. The normalized spacial score (nSPS) is 14.4. The van der Waals surface area contributed by atoms with Gasteiger partial charge in [-0.25, -0.2) is 0 Å². The predicted molar refractivity (Wildman–Crippen MR) is 116 cm³/mol. The number of ether oxygens (including phenoxy) is 1. The van der Waals surface area contributed by atoms with Crippen molar-refractivity contribution in [1.82, 2.24) is 25.2 Å². The van der Waals surface area contributed by atoms with E-state index in [1.807, 2.05) is 42.3 Å². The Morgan fingerprint density at radius 3 is 2.72 bits per heavy atom. The maximum Gasteiger partial charge on any atom is 0.290 e. The fourth-order valence-electron chi connectivity index (χ4n) is 3.89. The topological polar surface area (TPSA) is 102 Å². The Kier molecular flexibility index (Phi) is 6.53. The van der Waals surface area contributed by atoms with Crippen molar-refractivity contribution in [2.45, 2.75) is 38.8 Å². The first-order chi connectivity index (χ1) is 15.6. The summed E-state index contributed by atoms with van der Waals surface area (Å²) in [4.78, 5) is 27.0. The summed E-state index contributed by atoms with van der Waals surface area (Å²) in [5.74, 6) is 0.667. The van der Waals surface area contributed by atoms with Gasteiger partial charge in [0.2, 0.25) is 5.76 Å². The molecule has 0 bridgehead atoms. The van der Waals surface area contributed by atoms with E-state index in [4.69, 9.17) is 9.26 Å². The van der Waals surface area contributed by atoms with Crippen molar-refractivity contribution in [1.29, 1.82) is 0 Å². The molecule has 2 amide bonds. The Hall–Kier alpha value is -3.62. The average Bonchev–Trinajstić information content (AvgIpc) is 3.52. The molecule has 2 aromatic heterocycles. The number of aromatic nitrogens is 3. The zero-order valence-electron chi connectivity index (χ0n) is 18.3. The van der Waals surface area contributed by atoms with E-state index >= 15 is 0 Å². The quantitative estimate of drug-likeness (QED) is 0.610. The lowest BCUT2D eigenvalue weighted by atomic mass is 9.93. The first-order valence-corrected chi connectivity index (χ1v) is 10.8. The molecule has 168 valence electrons. The van der Waals surface area contributed by atoms with Crippen molar-refractivity contribution in [2.24, 2.45) is 0 Å². The van der Waals surface area contributed by atoms with Crippen LogP contribution in [0.3, 0.4) is 0 Å². The van der Waals surface area contributed by atoms with Crippen LogP contribution < -0.4 is 10.1 Å². The molecule has 1 aromatic carbocycles. The second kappa shape index (κ2) is 9.67. The van der Waals surface area contributed by atoms with Crippen LogP contribution in [0, 0.1) is 0 Å². The molecule has 4 rings (SSSR count). The fourth-order valence-corrected chi connectivity index (χ4v) is 3.89. The van der Waals surface area contributed by atoms with Gasteiger partial charge in [0, 0.05) is 49.9 Å². The van der Waals surface area contributed by atoms with Crippen molar-refractivity contribution in [2.75, 3.05) is 20.2 Å². The number of carbonyl (C=O) groups is 2. The highest BCUT2D eigenvalue weighted by Crippen LogP contribution is 2.28. The Morgan fingerprint density at radius 1 is 1.22 bits per heavy atom. The molecular formula is C23H27N5O4. The van der Waals surface area contributed by atoms with E-state index in [9.17, 15) is 9.59 Å². The standard InChI is InChI=1S/C23H27N5O4/c1-3-28-13-10-18(25-28)23(30)27-11-8-16(9-12-27)19-14-21(32-26-19)22(29)24-15-17-6-4-5-7-20(17)31-2/h4-7,10,13-14,16H,3,8-9,11-12,15H2,1-2H3,(H,24,29). The van der Waals surface area contributed by atoms with Gasteiger partial charge in [-0.3, -0.25) is 14.3 Å². The summed E-state index contributed by atoms with van der Waals surface area (Å²) < 4.78 is 12.3. The summed E-state index contributed by atoms with van der Waals surface area (Å²) in [7, 11) is 1.60. The Labute approximate surface area is 186 Å². The number of hydrogen-bond acceptors (Lipinski definition) is 6. The number of rotatable bonds is 7. The number of para-hydroxylation sites is 1. The van der Waals surface area contributed by atoms with Crippen molar-refractivity contribution in [3.8, 4) is 5.75 Å². The van der Waals surface area contributed by atoms with Gasteiger partial charge in [0.1, 0.15) is 11.4 Å². The van der Waals surface area contributed by atoms with Gasteiger partial charge < -0.3 is 19.5 Å². The third-order valence-corrected chi connectivity index (χ3v) is 5.77. The minimum absolute atomic E-state index is 0.0489. The number of piperidine rings is 1. The number of nitrogens with zero attached hydrogens (tertiary/aromatic N) is 4. The molecule has 0 saturated carbocycles. The lowest BCUT2D eigenvalue weighted by Crippen LogP contribution is -2.38. The molecule has 9 nitrogen and oxygen atoms in total.